The number of hydrogen-bond acceptors (Lipinski definition) is 2. The van der Waals surface area contributed by atoms with Gasteiger partial charge in [-0.25, -0.2) is 0 Å². The Labute approximate surface area is 80.8 Å². The zero-order valence-electron chi connectivity index (χ0n) is 8.64. The van der Waals surface area contributed by atoms with Gasteiger partial charge >= 0.3 is 0 Å². The van der Waals surface area contributed by atoms with Gasteiger partial charge in [0.25, 0.3) is 0 Å². The summed E-state index contributed by atoms with van der Waals surface area (Å²) in [4.78, 5) is 0. The molecular formula is C11H21NO. The van der Waals surface area contributed by atoms with E-state index in [1.165, 1.54) is 32.1 Å². The van der Waals surface area contributed by atoms with E-state index in [0.29, 0.717) is 10.8 Å². The Balaban J connectivity index is 2.09. The Bertz CT molecular complexity index is 177. The molecule has 0 aromatic carbocycles. The predicted molar refractivity (Wildman–Crippen MR) is 53.5 cm³/mol. The van der Waals surface area contributed by atoms with E-state index in [2.05, 4.69) is 6.92 Å². The monoisotopic (exact) mass is 183 g/mol. The fourth-order valence-electron chi connectivity index (χ4n) is 3.16. The highest BCUT2D eigenvalue weighted by molar-refractivity contribution is 5.05. The minimum absolute atomic E-state index is 0.505. The number of nitrogens with two attached hydrogens (primary N) is 1. The second-order valence-corrected chi connectivity index (χ2v) is 4.80. The van der Waals surface area contributed by atoms with Crippen molar-refractivity contribution < 1.29 is 4.74 Å². The molecule has 1 aliphatic carbocycles. The van der Waals surface area contributed by atoms with Crippen molar-refractivity contribution in [1.29, 1.82) is 0 Å². The van der Waals surface area contributed by atoms with Crippen molar-refractivity contribution in [2.45, 2.75) is 39.0 Å². The molecule has 1 heterocycles. The maximum atomic E-state index is 5.71. The largest absolute Gasteiger partial charge is 0.380 e. The summed E-state index contributed by atoms with van der Waals surface area (Å²) in [7, 11) is 0. The van der Waals surface area contributed by atoms with Crippen LogP contribution in [0.3, 0.4) is 0 Å². The lowest BCUT2D eigenvalue weighted by molar-refractivity contribution is -0.214. The van der Waals surface area contributed by atoms with Gasteiger partial charge in [0.15, 0.2) is 0 Å². The molecule has 0 bridgehead atoms. The van der Waals surface area contributed by atoms with Gasteiger partial charge in [-0.15, -0.1) is 0 Å². The Morgan fingerprint density at radius 3 is 2.15 bits per heavy atom. The molecule has 2 rings (SSSR count). The van der Waals surface area contributed by atoms with Crippen molar-refractivity contribution in [2.24, 2.45) is 16.6 Å². The van der Waals surface area contributed by atoms with Crippen molar-refractivity contribution in [3.63, 3.8) is 0 Å². The normalized spacial score (nSPS) is 29.1. The van der Waals surface area contributed by atoms with Gasteiger partial charge in [0.2, 0.25) is 0 Å². The van der Waals surface area contributed by atoms with Gasteiger partial charge in [-0.05, 0) is 37.6 Å². The first-order valence-corrected chi connectivity index (χ1v) is 5.56. The molecule has 0 atom stereocenters. The van der Waals surface area contributed by atoms with Crippen LogP contribution >= 0.6 is 0 Å². The molecule has 2 heteroatoms. The summed E-state index contributed by atoms with van der Waals surface area (Å²) >= 11 is 0. The highest BCUT2D eigenvalue weighted by Gasteiger charge is 2.56. The summed E-state index contributed by atoms with van der Waals surface area (Å²) in [5.74, 6) is 0. The third kappa shape index (κ3) is 1.15. The maximum Gasteiger partial charge on any atom is 0.0550 e. The Kier molecular flexibility index (Phi) is 2.37. The fraction of sp³-hybridized carbons (Fsp3) is 1.00. The van der Waals surface area contributed by atoms with Crippen molar-refractivity contribution in [3.8, 4) is 0 Å². The number of hydrogen-bond donors (Lipinski definition) is 1. The molecule has 0 aromatic heterocycles. The molecule has 1 saturated carbocycles. The quantitative estimate of drug-likeness (QED) is 0.723. The summed E-state index contributed by atoms with van der Waals surface area (Å²) in [6, 6.07) is 0. The smallest absolute Gasteiger partial charge is 0.0550 e. The van der Waals surface area contributed by atoms with Crippen LogP contribution in [0.1, 0.15) is 39.0 Å². The molecular weight excluding hydrogens is 162 g/mol. The maximum absolute atomic E-state index is 5.71. The van der Waals surface area contributed by atoms with Gasteiger partial charge < -0.3 is 10.5 Å². The lowest BCUT2D eigenvalue weighted by Gasteiger charge is -2.60. The summed E-state index contributed by atoms with van der Waals surface area (Å²) in [6.07, 6.45) is 6.67. The Morgan fingerprint density at radius 1 is 1.23 bits per heavy atom. The Hall–Kier alpha value is -0.0800. The summed E-state index contributed by atoms with van der Waals surface area (Å²) in [5, 5.41) is 0. The molecule has 0 aromatic rings. The summed E-state index contributed by atoms with van der Waals surface area (Å²) < 4.78 is 5.42. The molecule has 0 amide bonds. The third-order valence-corrected chi connectivity index (χ3v) is 4.49. The third-order valence-electron chi connectivity index (χ3n) is 4.49. The average Bonchev–Trinajstić information content (AvgIpc) is 1.98. The van der Waals surface area contributed by atoms with E-state index in [-0.39, 0.29) is 0 Å². The zero-order chi connectivity index (χ0) is 9.36. The molecule has 1 saturated heterocycles. The zero-order valence-corrected chi connectivity index (χ0v) is 8.64. The van der Waals surface area contributed by atoms with Crippen LogP contribution in [-0.4, -0.2) is 19.8 Å². The molecule has 0 spiro atoms. The number of ether oxygens (including phenoxy) is 1. The van der Waals surface area contributed by atoms with Crippen LogP contribution in [0.5, 0.6) is 0 Å². The lowest BCUT2D eigenvalue weighted by atomic mass is 9.50. The lowest BCUT2D eigenvalue weighted by Crippen LogP contribution is -2.58. The van der Waals surface area contributed by atoms with Gasteiger partial charge in [0.05, 0.1) is 13.2 Å². The highest BCUT2D eigenvalue weighted by Crippen LogP contribution is 2.60. The van der Waals surface area contributed by atoms with Gasteiger partial charge in [0, 0.05) is 5.41 Å². The first-order chi connectivity index (χ1) is 6.29. The van der Waals surface area contributed by atoms with E-state index in [0.717, 1.165) is 19.8 Å². The second kappa shape index (κ2) is 3.25. The van der Waals surface area contributed by atoms with Crippen LogP contribution < -0.4 is 5.73 Å². The van der Waals surface area contributed by atoms with E-state index in [1.807, 2.05) is 0 Å². The summed E-state index contributed by atoms with van der Waals surface area (Å²) in [6.45, 7) is 5.13. The van der Waals surface area contributed by atoms with Crippen molar-refractivity contribution in [1.82, 2.24) is 0 Å². The van der Waals surface area contributed by atoms with Gasteiger partial charge in [-0.3, -0.25) is 0 Å². The molecule has 1 aliphatic heterocycles. The van der Waals surface area contributed by atoms with Crippen LogP contribution in [0.2, 0.25) is 0 Å². The van der Waals surface area contributed by atoms with E-state index in [1.54, 1.807) is 0 Å². The molecule has 0 unspecified atom stereocenters. The van der Waals surface area contributed by atoms with E-state index >= 15 is 0 Å². The van der Waals surface area contributed by atoms with E-state index in [4.69, 9.17) is 10.5 Å². The van der Waals surface area contributed by atoms with Crippen molar-refractivity contribution in [2.75, 3.05) is 19.8 Å². The predicted octanol–water partition coefficient (Wildman–Crippen LogP) is 1.93. The highest BCUT2D eigenvalue weighted by atomic mass is 16.5. The van der Waals surface area contributed by atoms with E-state index < -0.39 is 0 Å². The fourth-order valence-corrected chi connectivity index (χ4v) is 3.16. The standard InChI is InChI=1S/C11H21NO/c1-2-10(8-13-9-10)11(6-7-12)4-3-5-11/h2-9,12H2,1H3. The first-order valence-electron chi connectivity index (χ1n) is 5.56. The molecule has 2 nitrogen and oxygen atoms in total. The topological polar surface area (TPSA) is 35.2 Å². The minimum atomic E-state index is 0.505. The van der Waals surface area contributed by atoms with Crippen molar-refractivity contribution >= 4 is 0 Å². The molecule has 0 radical (unpaired) electrons. The van der Waals surface area contributed by atoms with Gasteiger partial charge in [-0.1, -0.05) is 13.3 Å². The SMILES string of the molecule is CCC1(C2(CCN)CCC2)COC1. The van der Waals surface area contributed by atoms with Gasteiger partial charge in [0.1, 0.15) is 0 Å². The van der Waals surface area contributed by atoms with Crippen LogP contribution in [0.4, 0.5) is 0 Å². The van der Waals surface area contributed by atoms with Gasteiger partial charge in [-0.2, -0.15) is 0 Å². The summed E-state index contributed by atoms with van der Waals surface area (Å²) in [5.41, 5.74) is 6.78. The molecule has 2 N–H and O–H groups in total. The first kappa shape index (κ1) is 9.47. The van der Waals surface area contributed by atoms with Crippen LogP contribution in [0.25, 0.3) is 0 Å². The van der Waals surface area contributed by atoms with Crippen LogP contribution in [0, 0.1) is 10.8 Å². The average molecular weight is 183 g/mol. The Morgan fingerprint density at radius 2 is 1.92 bits per heavy atom. The molecule has 2 fully saturated rings. The van der Waals surface area contributed by atoms with Crippen molar-refractivity contribution in [3.05, 3.63) is 0 Å². The van der Waals surface area contributed by atoms with Crippen LogP contribution in [0.15, 0.2) is 0 Å². The molecule has 2 aliphatic rings. The number of rotatable bonds is 4. The van der Waals surface area contributed by atoms with Crippen LogP contribution in [-0.2, 0) is 4.74 Å². The molecule has 76 valence electrons. The van der Waals surface area contributed by atoms with E-state index in [9.17, 15) is 0 Å². The second-order valence-electron chi connectivity index (χ2n) is 4.80. The molecule has 13 heavy (non-hydrogen) atoms. The minimum Gasteiger partial charge on any atom is -0.380 e.